The molecule has 3 rings (SSSR count). The fourth-order valence-electron chi connectivity index (χ4n) is 2.68. The zero-order valence-electron chi connectivity index (χ0n) is 13.4. The summed E-state index contributed by atoms with van der Waals surface area (Å²) in [6, 6.07) is 9.39. The first-order valence-corrected chi connectivity index (χ1v) is 10.7. The highest BCUT2D eigenvalue weighted by molar-refractivity contribution is 7.93. The van der Waals surface area contributed by atoms with Crippen LogP contribution >= 0.6 is 0 Å². The zero-order chi connectivity index (χ0) is 18.2. The van der Waals surface area contributed by atoms with Crippen molar-refractivity contribution in [2.75, 3.05) is 21.3 Å². The Morgan fingerprint density at radius 1 is 1.16 bits per heavy atom. The van der Waals surface area contributed by atoms with Crippen LogP contribution in [0, 0.1) is 12.7 Å². The predicted molar refractivity (Wildman–Crippen MR) is 94.1 cm³/mol. The van der Waals surface area contributed by atoms with Crippen molar-refractivity contribution >= 4 is 31.4 Å². The molecule has 6 nitrogen and oxygen atoms in total. The summed E-state index contributed by atoms with van der Waals surface area (Å²) in [5.41, 5.74) is 1.38. The van der Waals surface area contributed by atoms with Gasteiger partial charge in [-0.15, -0.1) is 0 Å². The van der Waals surface area contributed by atoms with E-state index in [4.69, 9.17) is 0 Å². The van der Waals surface area contributed by atoms with E-state index in [1.807, 2.05) is 0 Å². The smallest absolute Gasteiger partial charge is 0.262 e. The molecular formula is C16H17FN2O4S2. The summed E-state index contributed by atoms with van der Waals surface area (Å²) in [7, 11) is -7.23. The van der Waals surface area contributed by atoms with Gasteiger partial charge in [-0.2, -0.15) is 0 Å². The highest BCUT2D eigenvalue weighted by Crippen LogP contribution is 2.29. The van der Waals surface area contributed by atoms with Crippen molar-refractivity contribution in [3.8, 4) is 0 Å². The van der Waals surface area contributed by atoms with Gasteiger partial charge in [-0.05, 0) is 55.3 Å². The minimum absolute atomic E-state index is 0.111. The molecule has 134 valence electrons. The Morgan fingerprint density at radius 2 is 1.92 bits per heavy atom. The van der Waals surface area contributed by atoms with Gasteiger partial charge < -0.3 is 0 Å². The lowest BCUT2D eigenvalue weighted by molar-refractivity contribution is 0.595. The topological polar surface area (TPSA) is 83.6 Å². The monoisotopic (exact) mass is 384 g/mol. The molecule has 0 saturated carbocycles. The molecule has 0 amide bonds. The Morgan fingerprint density at radius 3 is 2.52 bits per heavy atom. The normalized spacial score (nSPS) is 16.8. The molecule has 0 radical (unpaired) electrons. The van der Waals surface area contributed by atoms with Crippen molar-refractivity contribution in [2.45, 2.75) is 18.2 Å². The number of hydrogen-bond donors (Lipinski definition) is 1. The molecule has 0 aliphatic carbocycles. The van der Waals surface area contributed by atoms with Crippen LogP contribution in [0.25, 0.3) is 0 Å². The van der Waals surface area contributed by atoms with E-state index < -0.39 is 25.9 Å². The van der Waals surface area contributed by atoms with E-state index in [0.717, 1.165) is 12.1 Å². The van der Waals surface area contributed by atoms with Crippen molar-refractivity contribution in [3.63, 3.8) is 0 Å². The Labute approximate surface area is 146 Å². The molecule has 1 aliphatic heterocycles. The molecule has 1 saturated heterocycles. The standard InChI is InChI=1S/C16H17FN2O4S2/c1-12-10-14(19-8-3-9-24(19,20)21)6-7-16(12)18-25(22,23)15-5-2-4-13(17)11-15/h2,4-7,10-11,18H,3,8-9H2,1H3. The number of nitrogens with one attached hydrogen (secondary N) is 1. The second kappa shape index (κ2) is 6.30. The van der Waals surface area contributed by atoms with E-state index in [1.165, 1.54) is 22.5 Å². The maximum atomic E-state index is 13.3. The summed E-state index contributed by atoms with van der Waals surface area (Å²) in [4.78, 5) is -0.182. The van der Waals surface area contributed by atoms with Gasteiger partial charge in [-0.25, -0.2) is 21.2 Å². The molecule has 1 aliphatic rings. The van der Waals surface area contributed by atoms with Crippen LogP contribution in [0.5, 0.6) is 0 Å². The number of hydrogen-bond acceptors (Lipinski definition) is 4. The lowest BCUT2D eigenvalue weighted by Crippen LogP contribution is -2.25. The van der Waals surface area contributed by atoms with Gasteiger partial charge in [0.1, 0.15) is 5.82 Å². The number of rotatable bonds is 4. The van der Waals surface area contributed by atoms with Crippen LogP contribution in [0.2, 0.25) is 0 Å². The van der Waals surface area contributed by atoms with Crippen LogP contribution in [0.15, 0.2) is 47.4 Å². The van der Waals surface area contributed by atoms with Gasteiger partial charge in [0.2, 0.25) is 10.0 Å². The van der Waals surface area contributed by atoms with Crippen LogP contribution in [-0.4, -0.2) is 29.1 Å². The molecule has 0 spiro atoms. The molecule has 0 atom stereocenters. The summed E-state index contributed by atoms with van der Waals surface area (Å²) >= 11 is 0. The first kappa shape index (κ1) is 17.7. The van der Waals surface area contributed by atoms with Crippen molar-refractivity contribution in [1.29, 1.82) is 0 Å². The second-order valence-electron chi connectivity index (χ2n) is 5.80. The van der Waals surface area contributed by atoms with Crippen LogP contribution in [0.4, 0.5) is 15.8 Å². The van der Waals surface area contributed by atoms with Crippen molar-refractivity contribution in [3.05, 3.63) is 53.8 Å². The van der Waals surface area contributed by atoms with E-state index in [-0.39, 0.29) is 10.6 Å². The summed E-state index contributed by atoms with van der Waals surface area (Å²) in [6.07, 6.45) is 0.565. The highest BCUT2D eigenvalue weighted by Gasteiger charge is 2.28. The number of nitrogens with zero attached hydrogens (tertiary/aromatic N) is 1. The van der Waals surface area contributed by atoms with Gasteiger partial charge in [0.05, 0.1) is 22.0 Å². The van der Waals surface area contributed by atoms with Gasteiger partial charge in [0.25, 0.3) is 10.0 Å². The van der Waals surface area contributed by atoms with E-state index in [9.17, 15) is 21.2 Å². The number of aryl methyl sites for hydroxylation is 1. The largest absolute Gasteiger partial charge is 0.279 e. The van der Waals surface area contributed by atoms with E-state index in [0.29, 0.717) is 29.9 Å². The fraction of sp³-hybridized carbons (Fsp3) is 0.250. The average molecular weight is 384 g/mol. The van der Waals surface area contributed by atoms with E-state index in [1.54, 1.807) is 19.1 Å². The zero-order valence-corrected chi connectivity index (χ0v) is 15.1. The van der Waals surface area contributed by atoms with Gasteiger partial charge in [0, 0.05) is 6.54 Å². The van der Waals surface area contributed by atoms with Gasteiger partial charge in [-0.3, -0.25) is 9.03 Å². The quantitative estimate of drug-likeness (QED) is 0.878. The molecule has 9 heteroatoms. The number of benzene rings is 2. The average Bonchev–Trinajstić information content (AvgIpc) is 2.88. The minimum atomic E-state index is -3.93. The molecule has 0 aromatic heterocycles. The minimum Gasteiger partial charge on any atom is -0.279 e. The predicted octanol–water partition coefficient (Wildman–Crippen LogP) is 2.47. The van der Waals surface area contributed by atoms with Gasteiger partial charge in [-0.1, -0.05) is 6.07 Å². The third-order valence-corrected chi connectivity index (χ3v) is 7.18. The lowest BCUT2D eigenvalue weighted by Gasteiger charge is -2.19. The SMILES string of the molecule is Cc1cc(N2CCCS2(=O)=O)ccc1NS(=O)(=O)c1cccc(F)c1. The van der Waals surface area contributed by atoms with Gasteiger partial charge >= 0.3 is 0 Å². The molecular weight excluding hydrogens is 367 g/mol. The maximum Gasteiger partial charge on any atom is 0.262 e. The third-order valence-electron chi connectivity index (χ3n) is 3.95. The lowest BCUT2D eigenvalue weighted by atomic mass is 10.2. The Balaban J connectivity index is 1.89. The molecule has 1 fully saturated rings. The molecule has 25 heavy (non-hydrogen) atoms. The van der Waals surface area contributed by atoms with Crippen LogP contribution < -0.4 is 9.03 Å². The van der Waals surface area contributed by atoms with Crippen molar-refractivity contribution < 1.29 is 21.2 Å². The first-order chi connectivity index (χ1) is 11.7. The molecule has 0 unspecified atom stereocenters. The molecule has 0 bridgehead atoms. The summed E-state index contributed by atoms with van der Waals surface area (Å²) < 4.78 is 65.7. The maximum absolute atomic E-state index is 13.3. The van der Waals surface area contributed by atoms with Crippen molar-refractivity contribution in [2.24, 2.45) is 0 Å². The number of anilines is 2. The summed E-state index contributed by atoms with van der Waals surface area (Å²) in [5.74, 6) is -0.533. The molecule has 1 N–H and O–H groups in total. The number of sulfonamides is 2. The molecule has 1 heterocycles. The molecule has 2 aromatic carbocycles. The van der Waals surface area contributed by atoms with Crippen LogP contribution in [0.3, 0.4) is 0 Å². The summed E-state index contributed by atoms with van der Waals surface area (Å²) in [6.45, 7) is 2.09. The van der Waals surface area contributed by atoms with Crippen LogP contribution in [-0.2, 0) is 20.0 Å². The molecule has 2 aromatic rings. The van der Waals surface area contributed by atoms with E-state index >= 15 is 0 Å². The van der Waals surface area contributed by atoms with E-state index in [2.05, 4.69) is 4.72 Å². The Kier molecular flexibility index (Phi) is 4.46. The Hall–Kier alpha value is -2.13. The van der Waals surface area contributed by atoms with Crippen LogP contribution in [0.1, 0.15) is 12.0 Å². The number of halogens is 1. The second-order valence-corrected chi connectivity index (χ2v) is 9.50. The van der Waals surface area contributed by atoms with Gasteiger partial charge in [0.15, 0.2) is 0 Å². The first-order valence-electron chi connectivity index (χ1n) is 7.58. The fourth-order valence-corrected chi connectivity index (χ4v) is 5.40. The van der Waals surface area contributed by atoms with Crippen molar-refractivity contribution in [1.82, 2.24) is 0 Å². The highest BCUT2D eigenvalue weighted by atomic mass is 32.2. The Bertz CT molecular complexity index is 1020. The third kappa shape index (κ3) is 3.62. The summed E-state index contributed by atoms with van der Waals surface area (Å²) in [5, 5.41) is 0.